The molecule has 1 fully saturated rings. The van der Waals surface area contributed by atoms with Crippen molar-refractivity contribution < 1.29 is 31.5 Å². The summed E-state index contributed by atoms with van der Waals surface area (Å²) in [7, 11) is -3.35. The second-order valence-corrected chi connectivity index (χ2v) is 11.3. The first-order valence-electron chi connectivity index (χ1n) is 11.5. The first-order chi connectivity index (χ1) is 17.5. The van der Waals surface area contributed by atoms with E-state index < -0.39 is 21.5 Å². The monoisotopic (exact) mass is 522 g/mol. The third kappa shape index (κ3) is 4.17. The lowest BCUT2D eigenvalue weighted by molar-refractivity contribution is -0.286. The van der Waals surface area contributed by atoms with Crippen LogP contribution in [0.1, 0.15) is 18.4 Å². The first kappa shape index (κ1) is 23.4. The molecule has 0 atom stereocenters. The molecule has 3 aromatic carbocycles. The van der Waals surface area contributed by atoms with Gasteiger partial charge < -0.3 is 14.8 Å². The van der Waals surface area contributed by atoms with E-state index in [1.165, 1.54) is 24.3 Å². The van der Waals surface area contributed by atoms with Gasteiger partial charge in [0.1, 0.15) is 5.82 Å². The summed E-state index contributed by atoms with van der Waals surface area (Å²) in [6.45, 7) is 0. The average Bonchev–Trinajstić information content (AvgIpc) is 3.60. The molecule has 1 aliphatic carbocycles. The smallest absolute Gasteiger partial charge is 0.395 e. The van der Waals surface area contributed by atoms with Crippen molar-refractivity contribution in [2.24, 2.45) is 0 Å². The standard InChI is InChI=1S/C27H20F2N2O5S/c1-37(33,34)19-9-6-16(7-10-19)24-20-5-3-2-4-17(20)14-23(30-24)31-25(32)26(12-13-26)18-8-11-21-22(15-18)36-27(28,29)35-21/h2-11,14-15H,12-13H2,1H3,(H,30,31,32). The number of amides is 1. The van der Waals surface area contributed by atoms with Crippen LogP contribution in [0.25, 0.3) is 22.0 Å². The maximum absolute atomic E-state index is 13.5. The Kier molecular flexibility index (Phi) is 5.03. The van der Waals surface area contributed by atoms with Gasteiger partial charge >= 0.3 is 6.29 Å². The molecule has 0 spiro atoms. The molecule has 37 heavy (non-hydrogen) atoms. The van der Waals surface area contributed by atoms with E-state index in [0.29, 0.717) is 35.5 Å². The number of aromatic nitrogens is 1. The predicted octanol–water partition coefficient (Wildman–Crippen LogP) is 5.30. The van der Waals surface area contributed by atoms with E-state index in [-0.39, 0.29) is 22.3 Å². The van der Waals surface area contributed by atoms with Crippen LogP contribution < -0.4 is 14.8 Å². The van der Waals surface area contributed by atoms with Crippen molar-refractivity contribution in [2.45, 2.75) is 29.4 Å². The first-order valence-corrected chi connectivity index (χ1v) is 13.4. The molecule has 6 rings (SSSR count). The van der Waals surface area contributed by atoms with E-state index in [2.05, 4.69) is 19.8 Å². The van der Waals surface area contributed by atoms with Gasteiger partial charge in [-0.3, -0.25) is 4.79 Å². The summed E-state index contributed by atoms with van der Waals surface area (Å²) >= 11 is 0. The molecular formula is C27H20F2N2O5S. The summed E-state index contributed by atoms with van der Waals surface area (Å²) in [4.78, 5) is 18.3. The van der Waals surface area contributed by atoms with Crippen LogP contribution in [0, 0.1) is 0 Å². The fourth-order valence-corrected chi connectivity index (χ4v) is 5.23. The Hall–Kier alpha value is -4.05. The fraction of sp³-hybridized carbons (Fsp3) is 0.185. The van der Waals surface area contributed by atoms with Crippen molar-refractivity contribution >= 4 is 32.3 Å². The molecule has 1 amide bonds. The van der Waals surface area contributed by atoms with Gasteiger partial charge in [-0.05, 0) is 54.1 Å². The van der Waals surface area contributed by atoms with Crippen molar-refractivity contribution in [3.63, 3.8) is 0 Å². The van der Waals surface area contributed by atoms with E-state index in [4.69, 9.17) is 0 Å². The van der Waals surface area contributed by atoms with Crippen molar-refractivity contribution in [1.29, 1.82) is 0 Å². The van der Waals surface area contributed by atoms with Gasteiger partial charge in [-0.2, -0.15) is 0 Å². The highest BCUT2D eigenvalue weighted by Gasteiger charge is 2.53. The summed E-state index contributed by atoms with van der Waals surface area (Å²) in [6, 6.07) is 20.1. The van der Waals surface area contributed by atoms with Gasteiger partial charge in [-0.1, -0.05) is 42.5 Å². The molecule has 1 aliphatic heterocycles. The Bertz CT molecular complexity index is 1680. The predicted molar refractivity (Wildman–Crippen MR) is 132 cm³/mol. The highest BCUT2D eigenvalue weighted by Crippen LogP contribution is 2.52. The van der Waals surface area contributed by atoms with Crippen LogP contribution >= 0.6 is 0 Å². The van der Waals surface area contributed by atoms with Crippen LogP contribution in [0.15, 0.2) is 77.7 Å². The summed E-state index contributed by atoms with van der Waals surface area (Å²) in [6.07, 6.45) is -1.50. The number of nitrogens with one attached hydrogen (secondary N) is 1. The molecule has 0 unspecified atom stereocenters. The average molecular weight is 523 g/mol. The quantitative estimate of drug-likeness (QED) is 0.383. The number of sulfone groups is 1. The van der Waals surface area contributed by atoms with Crippen LogP contribution in [0.4, 0.5) is 14.6 Å². The molecular weight excluding hydrogens is 502 g/mol. The van der Waals surface area contributed by atoms with E-state index in [1.807, 2.05) is 24.3 Å². The number of halogens is 2. The second kappa shape index (κ2) is 7.97. The van der Waals surface area contributed by atoms with Crippen LogP contribution in [0.2, 0.25) is 0 Å². The Labute approximate surface area is 211 Å². The number of alkyl halides is 2. The molecule has 1 saturated carbocycles. The second-order valence-electron chi connectivity index (χ2n) is 9.24. The third-order valence-corrected chi connectivity index (χ3v) is 7.80. The molecule has 1 aromatic heterocycles. The maximum Gasteiger partial charge on any atom is 0.586 e. The fourth-order valence-electron chi connectivity index (χ4n) is 4.60. The molecule has 1 N–H and O–H groups in total. The normalized spacial score (nSPS) is 16.9. The van der Waals surface area contributed by atoms with E-state index in [1.54, 1.807) is 24.3 Å². The van der Waals surface area contributed by atoms with Crippen molar-refractivity contribution in [2.75, 3.05) is 11.6 Å². The Morgan fingerprint density at radius 3 is 2.35 bits per heavy atom. The lowest BCUT2D eigenvalue weighted by Gasteiger charge is -2.17. The lowest BCUT2D eigenvalue weighted by Crippen LogP contribution is -2.28. The van der Waals surface area contributed by atoms with Crippen LogP contribution in [0.5, 0.6) is 11.5 Å². The van der Waals surface area contributed by atoms with Crippen LogP contribution in [-0.4, -0.2) is 31.9 Å². The van der Waals surface area contributed by atoms with Crippen LogP contribution in [0.3, 0.4) is 0 Å². The molecule has 0 saturated heterocycles. The number of fused-ring (bicyclic) bond motifs is 2. The number of hydrogen-bond donors (Lipinski definition) is 1. The molecule has 0 bridgehead atoms. The van der Waals surface area contributed by atoms with Gasteiger partial charge in [0.25, 0.3) is 0 Å². The number of carbonyl (C=O) groups excluding carboxylic acids is 1. The van der Waals surface area contributed by atoms with Gasteiger partial charge in [0.05, 0.1) is 16.0 Å². The minimum atomic E-state index is -3.73. The maximum atomic E-state index is 13.5. The summed E-state index contributed by atoms with van der Waals surface area (Å²) in [5.41, 5.74) is 0.949. The largest absolute Gasteiger partial charge is 0.586 e. The SMILES string of the molecule is CS(=O)(=O)c1ccc(-c2nc(NC(=O)C3(c4ccc5c(c4)OC(F)(F)O5)CC3)cc3ccccc23)cc1. The van der Waals surface area contributed by atoms with E-state index in [9.17, 15) is 22.0 Å². The van der Waals surface area contributed by atoms with Gasteiger partial charge in [-0.15, -0.1) is 8.78 Å². The third-order valence-electron chi connectivity index (χ3n) is 6.68. The number of hydrogen-bond acceptors (Lipinski definition) is 6. The number of nitrogens with zero attached hydrogens (tertiary/aromatic N) is 1. The Balaban J connectivity index is 1.34. The van der Waals surface area contributed by atoms with Crippen molar-refractivity contribution in [3.05, 3.63) is 78.4 Å². The molecule has 188 valence electrons. The van der Waals surface area contributed by atoms with Crippen molar-refractivity contribution in [3.8, 4) is 22.8 Å². The molecule has 10 heteroatoms. The minimum Gasteiger partial charge on any atom is -0.395 e. The Morgan fingerprint density at radius 2 is 1.65 bits per heavy atom. The number of ether oxygens (including phenoxy) is 2. The summed E-state index contributed by atoms with van der Waals surface area (Å²) in [5.74, 6) is -0.165. The van der Waals surface area contributed by atoms with Gasteiger partial charge in [0.2, 0.25) is 5.91 Å². The summed E-state index contributed by atoms with van der Waals surface area (Å²) in [5, 5.41) is 4.58. The molecule has 4 aromatic rings. The number of rotatable bonds is 5. The van der Waals surface area contributed by atoms with E-state index >= 15 is 0 Å². The zero-order valence-electron chi connectivity index (χ0n) is 19.5. The van der Waals surface area contributed by atoms with Gasteiger partial charge in [-0.25, -0.2) is 13.4 Å². The number of carbonyl (C=O) groups is 1. The number of anilines is 1. The van der Waals surface area contributed by atoms with Gasteiger partial charge in [0.15, 0.2) is 21.3 Å². The molecule has 0 radical (unpaired) electrons. The van der Waals surface area contributed by atoms with Crippen LogP contribution in [-0.2, 0) is 20.0 Å². The van der Waals surface area contributed by atoms with E-state index in [0.717, 1.165) is 17.0 Å². The molecule has 2 aliphatic rings. The molecule has 2 heterocycles. The van der Waals surface area contributed by atoms with Crippen molar-refractivity contribution in [1.82, 2.24) is 4.98 Å². The van der Waals surface area contributed by atoms with Gasteiger partial charge in [0, 0.05) is 17.2 Å². The zero-order chi connectivity index (χ0) is 26.0. The lowest BCUT2D eigenvalue weighted by atomic mass is 9.94. The molecule has 7 nitrogen and oxygen atoms in total. The topological polar surface area (TPSA) is 94.6 Å². The number of pyridine rings is 1. The Morgan fingerprint density at radius 1 is 0.946 bits per heavy atom. The minimum absolute atomic E-state index is 0.0762. The highest BCUT2D eigenvalue weighted by atomic mass is 32.2. The zero-order valence-corrected chi connectivity index (χ0v) is 20.3. The number of benzene rings is 3. The highest BCUT2D eigenvalue weighted by molar-refractivity contribution is 7.90. The summed E-state index contributed by atoms with van der Waals surface area (Å²) < 4.78 is 59.7.